The number of rotatable bonds is 4. The van der Waals surface area contributed by atoms with Gasteiger partial charge < -0.3 is 10.2 Å². The Bertz CT molecular complexity index is 451. The van der Waals surface area contributed by atoms with Crippen LogP contribution in [0.1, 0.15) is 42.5 Å². The van der Waals surface area contributed by atoms with Gasteiger partial charge in [-0.1, -0.05) is 19.3 Å². The van der Waals surface area contributed by atoms with E-state index in [1.165, 1.54) is 42.5 Å². The summed E-state index contributed by atoms with van der Waals surface area (Å²) < 4.78 is 0. The van der Waals surface area contributed by atoms with Gasteiger partial charge in [0.15, 0.2) is 0 Å². The zero-order valence-electron chi connectivity index (χ0n) is 12.1. The molecule has 1 aliphatic carbocycles. The molecule has 0 unspecified atom stereocenters. The second-order valence-electron chi connectivity index (χ2n) is 6.07. The van der Waals surface area contributed by atoms with Crippen LogP contribution in [0.4, 0.5) is 0 Å². The predicted molar refractivity (Wildman–Crippen MR) is 82.9 cm³/mol. The molecule has 1 amide bonds. The van der Waals surface area contributed by atoms with E-state index in [1.807, 2.05) is 16.2 Å². The van der Waals surface area contributed by atoms with Crippen LogP contribution in [0.3, 0.4) is 0 Å². The maximum Gasteiger partial charge on any atom is 0.236 e. The maximum atomic E-state index is 12.2. The lowest BCUT2D eigenvalue weighted by Crippen LogP contribution is -2.41. The molecule has 0 saturated heterocycles. The summed E-state index contributed by atoms with van der Waals surface area (Å²) in [6.45, 7) is 3.22. The van der Waals surface area contributed by atoms with Gasteiger partial charge in [-0.05, 0) is 48.7 Å². The molecule has 0 aromatic carbocycles. The lowest BCUT2D eigenvalue weighted by atomic mass is 9.89. The molecule has 1 saturated carbocycles. The van der Waals surface area contributed by atoms with Gasteiger partial charge in [-0.3, -0.25) is 4.79 Å². The SMILES string of the molecule is O=C(CNCC1CCCCC1)N1CCc2sccc2C1. The first-order chi connectivity index (χ1) is 9.83. The summed E-state index contributed by atoms with van der Waals surface area (Å²) in [4.78, 5) is 15.7. The number of hydrogen-bond donors (Lipinski definition) is 1. The second kappa shape index (κ2) is 6.72. The first kappa shape index (κ1) is 14.1. The number of fused-ring (bicyclic) bond motifs is 1. The molecular formula is C16H24N2OS. The van der Waals surface area contributed by atoms with Gasteiger partial charge in [0.05, 0.1) is 6.54 Å². The van der Waals surface area contributed by atoms with Crippen molar-refractivity contribution in [2.45, 2.75) is 45.1 Å². The fourth-order valence-electron chi connectivity index (χ4n) is 3.35. The van der Waals surface area contributed by atoms with E-state index in [2.05, 4.69) is 16.8 Å². The fourth-order valence-corrected chi connectivity index (χ4v) is 4.24. The molecule has 0 spiro atoms. The van der Waals surface area contributed by atoms with Crippen molar-refractivity contribution in [3.8, 4) is 0 Å². The van der Waals surface area contributed by atoms with Crippen LogP contribution in [0.2, 0.25) is 0 Å². The number of carbonyl (C=O) groups excluding carboxylic acids is 1. The first-order valence-electron chi connectivity index (χ1n) is 7.86. The van der Waals surface area contributed by atoms with Gasteiger partial charge in [0, 0.05) is 18.0 Å². The van der Waals surface area contributed by atoms with Crippen molar-refractivity contribution < 1.29 is 4.79 Å². The molecule has 1 aliphatic heterocycles. The van der Waals surface area contributed by atoms with E-state index >= 15 is 0 Å². The molecule has 1 N–H and O–H groups in total. The molecule has 0 bridgehead atoms. The lowest BCUT2D eigenvalue weighted by Gasteiger charge is -2.28. The minimum Gasteiger partial charge on any atom is -0.337 e. The normalized spacial score (nSPS) is 19.9. The molecule has 3 rings (SSSR count). The van der Waals surface area contributed by atoms with Crippen LogP contribution in [0.15, 0.2) is 11.4 Å². The maximum absolute atomic E-state index is 12.2. The third-order valence-electron chi connectivity index (χ3n) is 4.59. The van der Waals surface area contributed by atoms with Gasteiger partial charge in [0.25, 0.3) is 0 Å². The summed E-state index contributed by atoms with van der Waals surface area (Å²) in [5, 5.41) is 5.52. The Morgan fingerprint density at radius 1 is 1.35 bits per heavy atom. The van der Waals surface area contributed by atoms with Gasteiger partial charge in [0.2, 0.25) is 5.91 Å². The molecule has 1 aromatic rings. The Kier molecular flexibility index (Phi) is 4.73. The summed E-state index contributed by atoms with van der Waals surface area (Å²) in [7, 11) is 0. The van der Waals surface area contributed by atoms with Gasteiger partial charge in [-0.15, -0.1) is 11.3 Å². The minimum absolute atomic E-state index is 0.262. The molecule has 0 atom stereocenters. The van der Waals surface area contributed by atoms with Crippen molar-refractivity contribution >= 4 is 17.2 Å². The number of nitrogens with one attached hydrogen (secondary N) is 1. The van der Waals surface area contributed by atoms with Crippen molar-refractivity contribution in [1.82, 2.24) is 10.2 Å². The van der Waals surface area contributed by atoms with E-state index < -0.39 is 0 Å². The molecular weight excluding hydrogens is 268 g/mol. The largest absolute Gasteiger partial charge is 0.337 e. The van der Waals surface area contributed by atoms with Crippen LogP contribution in [0, 0.1) is 5.92 Å². The average Bonchev–Trinajstić information content (AvgIpc) is 2.95. The summed E-state index contributed by atoms with van der Waals surface area (Å²) in [5.74, 6) is 1.05. The predicted octanol–water partition coefficient (Wildman–Crippen LogP) is 2.80. The van der Waals surface area contributed by atoms with Gasteiger partial charge >= 0.3 is 0 Å². The zero-order valence-corrected chi connectivity index (χ0v) is 12.9. The lowest BCUT2D eigenvalue weighted by molar-refractivity contribution is -0.131. The third-order valence-corrected chi connectivity index (χ3v) is 5.62. The quantitative estimate of drug-likeness (QED) is 0.925. The Labute approximate surface area is 125 Å². The fraction of sp³-hybridized carbons (Fsp3) is 0.688. The molecule has 0 radical (unpaired) electrons. The smallest absolute Gasteiger partial charge is 0.236 e. The van der Waals surface area contributed by atoms with Crippen molar-refractivity contribution in [3.63, 3.8) is 0 Å². The van der Waals surface area contributed by atoms with E-state index in [-0.39, 0.29) is 5.91 Å². The monoisotopic (exact) mass is 292 g/mol. The number of carbonyl (C=O) groups is 1. The van der Waals surface area contributed by atoms with Crippen molar-refractivity contribution in [2.24, 2.45) is 5.92 Å². The number of thiophene rings is 1. The van der Waals surface area contributed by atoms with Crippen LogP contribution in [0.5, 0.6) is 0 Å². The molecule has 110 valence electrons. The summed E-state index contributed by atoms with van der Waals surface area (Å²) >= 11 is 1.82. The number of amides is 1. The molecule has 2 aliphatic rings. The Morgan fingerprint density at radius 2 is 2.20 bits per heavy atom. The molecule has 4 heteroatoms. The van der Waals surface area contributed by atoms with Crippen LogP contribution < -0.4 is 5.32 Å². The highest BCUT2D eigenvalue weighted by Gasteiger charge is 2.21. The molecule has 20 heavy (non-hydrogen) atoms. The van der Waals surface area contributed by atoms with E-state index in [4.69, 9.17) is 0 Å². The van der Waals surface area contributed by atoms with Crippen LogP contribution in [0.25, 0.3) is 0 Å². The van der Waals surface area contributed by atoms with Crippen LogP contribution >= 0.6 is 11.3 Å². The van der Waals surface area contributed by atoms with Crippen molar-refractivity contribution in [3.05, 3.63) is 21.9 Å². The highest BCUT2D eigenvalue weighted by Crippen LogP contribution is 2.24. The molecule has 2 heterocycles. The summed E-state index contributed by atoms with van der Waals surface area (Å²) in [5.41, 5.74) is 1.35. The highest BCUT2D eigenvalue weighted by atomic mass is 32.1. The zero-order chi connectivity index (χ0) is 13.8. The van der Waals surface area contributed by atoms with Gasteiger partial charge in [-0.2, -0.15) is 0 Å². The Hall–Kier alpha value is -0.870. The molecule has 3 nitrogen and oxygen atoms in total. The van der Waals surface area contributed by atoms with E-state index in [0.29, 0.717) is 6.54 Å². The average molecular weight is 292 g/mol. The third kappa shape index (κ3) is 3.41. The van der Waals surface area contributed by atoms with Crippen molar-refractivity contribution in [2.75, 3.05) is 19.6 Å². The van der Waals surface area contributed by atoms with E-state index in [1.54, 1.807) is 0 Å². The number of nitrogens with zero attached hydrogens (tertiary/aromatic N) is 1. The molecule has 1 fully saturated rings. The summed E-state index contributed by atoms with van der Waals surface area (Å²) in [6, 6.07) is 2.16. The van der Waals surface area contributed by atoms with Crippen LogP contribution in [-0.2, 0) is 17.8 Å². The number of hydrogen-bond acceptors (Lipinski definition) is 3. The standard InChI is InChI=1S/C16H24N2OS/c19-16(11-17-10-13-4-2-1-3-5-13)18-8-6-15-14(12-18)7-9-20-15/h7,9,13,17H,1-6,8,10-12H2. The Balaban J connectivity index is 1.41. The van der Waals surface area contributed by atoms with E-state index in [0.717, 1.165) is 32.0 Å². The van der Waals surface area contributed by atoms with E-state index in [9.17, 15) is 4.79 Å². The van der Waals surface area contributed by atoms with Gasteiger partial charge in [-0.25, -0.2) is 0 Å². The first-order valence-corrected chi connectivity index (χ1v) is 8.74. The Morgan fingerprint density at radius 3 is 3.05 bits per heavy atom. The summed E-state index contributed by atoms with van der Waals surface area (Å²) in [6.07, 6.45) is 7.83. The second-order valence-corrected chi connectivity index (χ2v) is 7.07. The molecule has 1 aromatic heterocycles. The minimum atomic E-state index is 0.262. The van der Waals surface area contributed by atoms with Crippen LogP contribution in [-0.4, -0.2) is 30.4 Å². The topological polar surface area (TPSA) is 32.3 Å². The highest BCUT2D eigenvalue weighted by molar-refractivity contribution is 7.10. The van der Waals surface area contributed by atoms with Crippen molar-refractivity contribution in [1.29, 1.82) is 0 Å². The van der Waals surface area contributed by atoms with Gasteiger partial charge in [0.1, 0.15) is 0 Å².